The molecule has 1 aromatic heterocycles. The highest BCUT2D eigenvalue weighted by molar-refractivity contribution is 7.73. The summed E-state index contributed by atoms with van der Waals surface area (Å²) >= 11 is 6.57. The van der Waals surface area contributed by atoms with Gasteiger partial charge in [-0.2, -0.15) is 5.10 Å². The van der Waals surface area contributed by atoms with Gasteiger partial charge in [0.1, 0.15) is 10.8 Å². The second-order valence-electron chi connectivity index (χ2n) is 4.70. The molecule has 0 saturated carbocycles. The third kappa shape index (κ3) is 4.79. The van der Waals surface area contributed by atoms with Crippen molar-refractivity contribution in [2.45, 2.75) is 26.5 Å². The number of hydrogen-bond acceptors (Lipinski definition) is 5. The van der Waals surface area contributed by atoms with Crippen molar-refractivity contribution < 1.29 is 17.9 Å². The minimum absolute atomic E-state index is 0.195. The van der Waals surface area contributed by atoms with Crippen LogP contribution in [-0.2, 0) is 13.2 Å². The van der Waals surface area contributed by atoms with E-state index < -0.39 is 6.36 Å². The molecule has 2 aromatic rings. The molecule has 0 fully saturated rings. The molecule has 0 bridgehead atoms. The van der Waals surface area contributed by atoms with E-state index in [1.807, 2.05) is 11.8 Å². The molecule has 0 saturated heterocycles. The van der Waals surface area contributed by atoms with Gasteiger partial charge in [-0.3, -0.25) is 4.90 Å². The van der Waals surface area contributed by atoms with Gasteiger partial charge in [0.25, 0.3) is 0 Å². The lowest BCUT2D eigenvalue weighted by Crippen LogP contribution is -2.24. The maximum absolute atomic E-state index is 12.4. The molecule has 0 aliphatic carbocycles. The lowest BCUT2D eigenvalue weighted by molar-refractivity contribution is -0.275. The standard InChI is InChI=1S/C13H14F3N3OS2/c1-9-17-19(12(21)22-9)8-18(2)7-10-5-3-4-6-11(10)20-13(14,15)16/h3-6H,7-8H2,1-2H3. The Kier molecular flexibility index (Phi) is 5.20. The van der Waals surface area contributed by atoms with Gasteiger partial charge in [0.05, 0.1) is 6.67 Å². The Balaban J connectivity index is 2.10. The smallest absolute Gasteiger partial charge is 0.405 e. The van der Waals surface area contributed by atoms with E-state index in [0.717, 1.165) is 5.01 Å². The minimum Gasteiger partial charge on any atom is -0.405 e. The molecule has 1 aromatic carbocycles. The van der Waals surface area contributed by atoms with Gasteiger partial charge < -0.3 is 4.74 Å². The first kappa shape index (κ1) is 16.9. The van der Waals surface area contributed by atoms with Gasteiger partial charge in [-0.05, 0) is 32.3 Å². The Hall–Kier alpha value is -1.45. The molecule has 0 radical (unpaired) electrons. The van der Waals surface area contributed by atoms with Crippen molar-refractivity contribution >= 4 is 23.6 Å². The molecule has 22 heavy (non-hydrogen) atoms. The summed E-state index contributed by atoms with van der Waals surface area (Å²) in [7, 11) is 1.78. The number of nitrogens with zero attached hydrogens (tertiary/aromatic N) is 3. The molecule has 1 heterocycles. The zero-order chi connectivity index (χ0) is 16.3. The first-order chi connectivity index (χ1) is 10.2. The van der Waals surface area contributed by atoms with Crippen LogP contribution in [0.5, 0.6) is 5.75 Å². The van der Waals surface area contributed by atoms with Crippen LogP contribution in [0.3, 0.4) is 0 Å². The second-order valence-corrected chi connectivity index (χ2v) is 6.52. The number of hydrogen-bond donors (Lipinski definition) is 0. The number of para-hydroxylation sites is 1. The Morgan fingerprint density at radius 2 is 2.05 bits per heavy atom. The van der Waals surface area contributed by atoms with E-state index in [0.29, 0.717) is 16.2 Å². The second kappa shape index (κ2) is 6.76. The molecule has 0 atom stereocenters. The Morgan fingerprint density at radius 1 is 1.36 bits per heavy atom. The van der Waals surface area contributed by atoms with Crippen LogP contribution in [0.1, 0.15) is 10.6 Å². The summed E-state index contributed by atoms with van der Waals surface area (Å²) in [6.07, 6.45) is -4.71. The molecule has 0 aliphatic rings. The molecule has 4 nitrogen and oxygen atoms in total. The SMILES string of the molecule is Cc1nn(CN(C)Cc2ccccc2OC(F)(F)F)c(=S)s1. The molecule has 120 valence electrons. The van der Waals surface area contributed by atoms with Crippen molar-refractivity contribution in [2.75, 3.05) is 7.05 Å². The maximum atomic E-state index is 12.4. The van der Waals surface area contributed by atoms with Crippen LogP contribution in [0.4, 0.5) is 13.2 Å². The summed E-state index contributed by atoms with van der Waals surface area (Å²) in [5, 5.41) is 5.10. The molecule has 0 spiro atoms. The van der Waals surface area contributed by atoms with Crippen molar-refractivity contribution in [3.05, 3.63) is 38.8 Å². The van der Waals surface area contributed by atoms with Crippen LogP contribution in [0.15, 0.2) is 24.3 Å². The van der Waals surface area contributed by atoms with E-state index >= 15 is 0 Å². The molecule has 9 heteroatoms. The highest BCUT2D eigenvalue weighted by Gasteiger charge is 2.32. The Labute approximate surface area is 134 Å². The van der Waals surface area contributed by atoms with Gasteiger partial charge in [0, 0.05) is 12.1 Å². The first-order valence-electron chi connectivity index (χ1n) is 6.31. The fraction of sp³-hybridized carbons (Fsp3) is 0.385. The average Bonchev–Trinajstić information content (AvgIpc) is 2.68. The summed E-state index contributed by atoms with van der Waals surface area (Å²) in [4.78, 5) is 1.81. The molecular formula is C13H14F3N3OS2. The van der Waals surface area contributed by atoms with Crippen molar-refractivity contribution in [3.63, 3.8) is 0 Å². The van der Waals surface area contributed by atoms with Crippen LogP contribution >= 0.6 is 23.6 Å². The molecule has 0 amide bonds. The van der Waals surface area contributed by atoms with Crippen LogP contribution in [-0.4, -0.2) is 28.1 Å². The summed E-state index contributed by atoms with van der Waals surface area (Å²) in [5.41, 5.74) is 0.445. The monoisotopic (exact) mass is 349 g/mol. The van der Waals surface area contributed by atoms with Crippen LogP contribution < -0.4 is 4.74 Å². The lowest BCUT2D eigenvalue weighted by atomic mass is 10.2. The number of alkyl halides is 3. The zero-order valence-corrected chi connectivity index (χ0v) is 13.6. The molecular weight excluding hydrogens is 335 g/mol. The van der Waals surface area contributed by atoms with Crippen molar-refractivity contribution in [1.29, 1.82) is 0 Å². The molecule has 0 N–H and O–H groups in total. The Morgan fingerprint density at radius 3 is 2.64 bits per heavy atom. The van der Waals surface area contributed by atoms with E-state index in [1.165, 1.54) is 23.5 Å². The summed E-state index contributed by atoms with van der Waals surface area (Å²) in [6, 6.07) is 6.08. The summed E-state index contributed by atoms with van der Waals surface area (Å²) in [6.45, 7) is 2.53. The highest BCUT2D eigenvalue weighted by Crippen LogP contribution is 2.27. The molecule has 0 aliphatic heterocycles. The lowest BCUT2D eigenvalue weighted by Gasteiger charge is -2.19. The van der Waals surface area contributed by atoms with Crippen LogP contribution in [0.25, 0.3) is 0 Å². The normalized spacial score (nSPS) is 11.9. The van der Waals surface area contributed by atoms with Crippen molar-refractivity contribution in [3.8, 4) is 5.75 Å². The number of aryl methyl sites for hydroxylation is 1. The first-order valence-corrected chi connectivity index (χ1v) is 7.54. The predicted octanol–water partition coefficient (Wildman–Crippen LogP) is 3.97. The van der Waals surface area contributed by atoms with Gasteiger partial charge in [0.2, 0.25) is 0 Å². The fourth-order valence-corrected chi connectivity index (χ4v) is 2.98. The van der Waals surface area contributed by atoms with E-state index in [9.17, 15) is 13.2 Å². The zero-order valence-electron chi connectivity index (χ0n) is 11.9. The van der Waals surface area contributed by atoms with Gasteiger partial charge in [0.15, 0.2) is 3.95 Å². The Bertz CT molecular complexity index is 696. The number of halogens is 3. The van der Waals surface area contributed by atoms with E-state index in [2.05, 4.69) is 9.84 Å². The molecule has 2 rings (SSSR count). The third-order valence-corrected chi connectivity index (χ3v) is 3.94. The van der Waals surface area contributed by atoms with Gasteiger partial charge >= 0.3 is 6.36 Å². The number of aromatic nitrogens is 2. The third-order valence-electron chi connectivity index (χ3n) is 2.72. The topological polar surface area (TPSA) is 30.3 Å². The largest absolute Gasteiger partial charge is 0.573 e. The summed E-state index contributed by atoms with van der Waals surface area (Å²) in [5.74, 6) is -0.195. The van der Waals surface area contributed by atoms with Crippen LogP contribution in [0.2, 0.25) is 0 Å². The molecule has 0 unspecified atom stereocenters. The number of benzene rings is 1. The maximum Gasteiger partial charge on any atom is 0.573 e. The predicted molar refractivity (Wildman–Crippen MR) is 80.3 cm³/mol. The van der Waals surface area contributed by atoms with Gasteiger partial charge in [-0.15, -0.1) is 13.2 Å². The quantitative estimate of drug-likeness (QED) is 0.764. The van der Waals surface area contributed by atoms with Gasteiger partial charge in [-0.25, -0.2) is 4.68 Å². The van der Waals surface area contributed by atoms with Crippen LogP contribution in [0, 0.1) is 10.9 Å². The highest BCUT2D eigenvalue weighted by atomic mass is 32.1. The number of ether oxygens (including phenoxy) is 1. The fourth-order valence-electron chi connectivity index (χ4n) is 1.93. The van der Waals surface area contributed by atoms with E-state index in [4.69, 9.17) is 12.2 Å². The number of rotatable bonds is 5. The van der Waals surface area contributed by atoms with Gasteiger partial charge in [-0.1, -0.05) is 29.5 Å². The van der Waals surface area contributed by atoms with Crippen molar-refractivity contribution in [1.82, 2.24) is 14.7 Å². The average molecular weight is 349 g/mol. The van der Waals surface area contributed by atoms with E-state index in [-0.39, 0.29) is 12.3 Å². The minimum atomic E-state index is -4.71. The van der Waals surface area contributed by atoms with Crippen molar-refractivity contribution in [2.24, 2.45) is 0 Å². The summed E-state index contributed by atoms with van der Waals surface area (Å²) < 4.78 is 43.5. The van der Waals surface area contributed by atoms with E-state index in [1.54, 1.807) is 23.9 Å².